The lowest BCUT2D eigenvalue weighted by Crippen LogP contribution is -2.42. The fourth-order valence-electron chi connectivity index (χ4n) is 2.55. The molecule has 0 unspecified atom stereocenters. The van der Waals surface area contributed by atoms with E-state index in [9.17, 15) is 18.0 Å². The van der Waals surface area contributed by atoms with Crippen LogP contribution in [-0.2, 0) is 14.8 Å². The summed E-state index contributed by atoms with van der Waals surface area (Å²) in [5.41, 5.74) is 0.340. The van der Waals surface area contributed by atoms with Crippen molar-refractivity contribution in [1.82, 2.24) is 9.29 Å². The molecule has 1 aromatic rings. The van der Waals surface area contributed by atoms with Crippen LogP contribution in [0.4, 0.5) is 5.13 Å². The van der Waals surface area contributed by atoms with Crippen molar-refractivity contribution < 1.29 is 18.0 Å². The third kappa shape index (κ3) is 4.84. The zero-order chi connectivity index (χ0) is 17.7. The average Bonchev–Trinajstić information content (AvgIpc) is 3.02. The van der Waals surface area contributed by atoms with Crippen LogP contribution in [0.2, 0.25) is 0 Å². The number of carbonyl (C=O) groups is 2. The number of ketones is 1. The van der Waals surface area contributed by atoms with Gasteiger partial charge in [-0.1, -0.05) is 13.3 Å². The normalized spacial score (nSPS) is 16.9. The number of aromatic nitrogens is 1. The third-order valence-corrected chi connectivity index (χ3v) is 6.78. The highest BCUT2D eigenvalue weighted by molar-refractivity contribution is 7.89. The number of hydrogen-bond donors (Lipinski definition) is 1. The van der Waals surface area contributed by atoms with Crippen LogP contribution in [0.5, 0.6) is 0 Å². The number of carbonyl (C=O) groups excluding carboxylic acids is 2. The smallest absolute Gasteiger partial charge is 0.229 e. The Hall–Kier alpha value is -1.32. The maximum absolute atomic E-state index is 12.3. The number of thiazole rings is 1. The summed E-state index contributed by atoms with van der Waals surface area (Å²) in [4.78, 5) is 27.6. The molecule has 1 amide bonds. The van der Waals surface area contributed by atoms with Gasteiger partial charge in [-0.2, -0.15) is 0 Å². The first kappa shape index (κ1) is 19.0. The summed E-state index contributed by atoms with van der Waals surface area (Å²) in [7, 11) is -3.21. The summed E-state index contributed by atoms with van der Waals surface area (Å²) >= 11 is 1.21. The fourth-order valence-corrected chi connectivity index (χ4v) is 4.98. The number of Topliss-reactive ketones (excluding diaryl/α,β-unsaturated/α-hetero) is 1. The van der Waals surface area contributed by atoms with Gasteiger partial charge in [0.05, 0.1) is 5.75 Å². The first-order valence-electron chi connectivity index (χ1n) is 8.08. The molecule has 1 N–H and O–H groups in total. The van der Waals surface area contributed by atoms with Crippen molar-refractivity contribution in [2.45, 2.75) is 39.5 Å². The summed E-state index contributed by atoms with van der Waals surface area (Å²) in [6.07, 6.45) is 2.50. The summed E-state index contributed by atoms with van der Waals surface area (Å²) in [5.74, 6) is -0.359. The van der Waals surface area contributed by atoms with E-state index < -0.39 is 10.0 Å². The zero-order valence-corrected chi connectivity index (χ0v) is 15.6. The van der Waals surface area contributed by atoms with Crippen LogP contribution >= 0.6 is 11.3 Å². The first-order valence-corrected chi connectivity index (χ1v) is 10.6. The van der Waals surface area contributed by atoms with E-state index in [0.29, 0.717) is 43.2 Å². The van der Waals surface area contributed by atoms with Crippen LogP contribution in [0.1, 0.15) is 50.0 Å². The molecule has 1 aliphatic heterocycles. The largest absolute Gasteiger partial charge is 0.302 e. The summed E-state index contributed by atoms with van der Waals surface area (Å²) in [6.45, 7) is 4.14. The van der Waals surface area contributed by atoms with Crippen molar-refractivity contribution in [1.29, 1.82) is 0 Å². The molecule has 1 fully saturated rings. The second-order valence-electron chi connectivity index (χ2n) is 5.93. The monoisotopic (exact) mass is 373 g/mol. The molecule has 0 radical (unpaired) electrons. The van der Waals surface area contributed by atoms with Crippen LogP contribution in [-0.4, -0.2) is 48.2 Å². The van der Waals surface area contributed by atoms with Gasteiger partial charge in [-0.3, -0.25) is 9.59 Å². The Kier molecular flexibility index (Phi) is 6.47. The molecular weight excluding hydrogens is 350 g/mol. The van der Waals surface area contributed by atoms with E-state index >= 15 is 0 Å². The molecule has 2 rings (SSSR count). The van der Waals surface area contributed by atoms with E-state index in [1.807, 2.05) is 6.92 Å². The van der Waals surface area contributed by atoms with E-state index in [2.05, 4.69) is 10.3 Å². The highest BCUT2D eigenvalue weighted by Crippen LogP contribution is 2.23. The van der Waals surface area contributed by atoms with Gasteiger partial charge in [-0.05, 0) is 19.3 Å². The highest BCUT2D eigenvalue weighted by atomic mass is 32.2. The van der Waals surface area contributed by atoms with E-state index in [1.54, 1.807) is 5.38 Å². The summed E-state index contributed by atoms with van der Waals surface area (Å²) < 4.78 is 25.8. The molecule has 0 atom stereocenters. The predicted molar refractivity (Wildman–Crippen MR) is 93.7 cm³/mol. The lowest BCUT2D eigenvalue weighted by molar-refractivity contribution is -0.120. The minimum atomic E-state index is -3.21. The van der Waals surface area contributed by atoms with E-state index in [1.165, 1.54) is 22.6 Å². The maximum atomic E-state index is 12.3. The number of anilines is 1. The summed E-state index contributed by atoms with van der Waals surface area (Å²) in [5, 5.41) is 4.74. The number of hydrogen-bond acceptors (Lipinski definition) is 6. The molecule has 2 heterocycles. The lowest BCUT2D eigenvalue weighted by atomic mass is 9.97. The van der Waals surface area contributed by atoms with Crippen LogP contribution < -0.4 is 5.32 Å². The van der Waals surface area contributed by atoms with Gasteiger partial charge in [0.25, 0.3) is 0 Å². The Morgan fingerprint density at radius 2 is 2.04 bits per heavy atom. The van der Waals surface area contributed by atoms with Crippen molar-refractivity contribution in [3.8, 4) is 0 Å². The molecule has 1 aliphatic rings. The highest BCUT2D eigenvalue weighted by Gasteiger charge is 2.31. The van der Waals surface area contributed by atoms with E-state index in [0.717, 1.165) is 6.42 Å². The number of piperidine rings is 1. The first-order chi connectivity index (χ1) is 11.3. The maximum Gasteiger partial charge on any atom is 0.229 e. The third-order valence-electron chi connectivity index (χ3n) is 4.07. The molecule has 7 nitrogen and oxygen atoms in total. The van der Waals surface area contributed by atoms with E-state index in [-0.39, 0.29) is 23.4 Å². The molecule has 0 spiro atoms. The second-order valence-corrected chi connectivity index (χ2v) is 8.87. The standard InChI is InChI=1S/C15H23N3O4S2/c1-3-4-9-24(21,22)18-7-5-12(6-8-18)14(20)17-15-16-13(10-23-15)11(2)19/h10,12H,3-9H2,1-2H3,(H,16,17,20). The minimum absolute atomic E-state index is 0.141. The Morgan fingerprint density at radius 3 is 2.58 bits per heavy atom. The number of nitrogens with zero attached hydrogens (tertiary/aromatic N) is 2. The molecule has 1 aromatic heterocycles. The van der Waals surface area contributed by atoms with Gasteiger partial charge in [-0.25, -0.2) is 17.7 Å². The molecule has 1 saturated heterocycles. The Morgan fingerprint density at radius 1 is 1.38 bits per heavy atom. The molecule has 0 aliphatic carbocycles. The van der Waals surface area contributed by atoms with Crippen LogP contribution in [0.25, 0.3) is 0 Å². The Labute approximate surface area is 146 Å². The minimum Gasteiger partial charge on any atom is -0.302 e. The van der Waals surface area contributed by atoms with Crippen molar-refractivity contribution in [3.05, 3.63) is 11.1 Å². The quantitative estimate of drug-likeness (QED) is 0.739. The average molecular weight is 374 g/mol. The van der Waals surface area contributed by atoms with Crippen LogP contribution in [0.3, 0.4) is 0 Å². The van der Waals surface area contributed by atoms with Gasteiger partial charge in [0.15, 0.2) is 10.9 Å². The molecule has 9 heteroatoms. The molecule has 0 bridgehead atoms. The number of amides is 1. The molecule has 134 valence electrons. The second kappa shape index (κ2) is 8.17. The van der Waals surface area contributed by atoms with Crippen molar-refractivity contribution >= 4 is 38.2 Å². The molecule has 0 saturated carbocycles. The summed E-state index contributed by atoms with van der Waals surface area (Å²) in [6, 6.07) is 0. The molecule has 24 heavy (non-hydrogen) atoms. The van der Waals surface area contributed by atoms with Gasteiger partial charge in [-0.15, -0.1) is 11.3 Å². The Bertz CT molecular complexity index is 691. The van der Waals surface area contributed by atoms with Gasteiger partial charge >= 0.3 is 0 Å². The molecule has 0 aromatic carbocycles. The molecular formula is C15H23N3O4S2. The SMILES string of the molecule is CCCCS(=O)(=O)N1CCC(C(=O)Nc2nc(C(C)=O)cs2)CC1. The van der Waals surface area contributed by atoms with Crippen molar-refractivity contribution in [2.24, 2.45) is 5.92 Å². The number of rotatable bonds is 7. The number of unbranched alkanes of at least 4 members (excludes halogenated alkanes) is 1. The van der Waals surface area contributed by atoms with Crippen LogP contribution in [0.15, 0.2) is 5.38 Å². The van der Waals surface area contributed by atoms with Gasteiger partial charge in [0.1, 0.15) is 5.69 Å². The Balaban J connectivity index is 1.87. The van der Waals surface area contributed by atoms with Gasteiger partial charge in [0, 0.05) is 31.3 Å². The van der Waals surface area contributed by atoms with E-state index in [4.69, 9.17) is 0 Å². The van der Waals surface area contributed by atoms with Gasteiger partial charge < -0.3 is 5.32 Å². The predicted octanol–water partition coefficient (Wildman–Crippen LogP) is 2.13. The van der Waals surface area contributed by atoms with Crippen molar-refractivity contribution in [2.75, 3.05) is 24.2 Å². The topological polar surface area (TPSA) is 96.4 Å². The van der Waals surface area contributed by atoms with Crippen molar-refractivity contribution in [3.63, 3.8) is 0 Å². The number of nitrogens with one attached hydrogen (secondary N) is 1. The fraction of sp³-hybridized carbons (Fsp3) is 0.667. The van der Waals surface area contributed by atoms with Gasteiger partial charge in [0.2, 0.25) is 15.9 Å². The number of sulfonamides is 1. The van der Waals surface area contributed by atoms with Crippen LogP contribution in [0, 0.1) is 5.92 Å². The zero-order valence-electron chi connectivity index (χ0n) is 13.9. The lowest BCUT2D eigenvalue weighted by Gasteiger charge is -2.30.